The molecule has 6 nitrogen and oxygen atoms in total. The van der Waals surface area contributed by atoms with Crippen molar-refractivity contribution in [2.45, 2.75) is 32.2 Å². The second kappa shape index (κ2) is 7.19. The van der Waals surface area contributed by atoms with Crippen molar-refractivity contribution >= 4 is 16.0 Å². The lowest BCUT2D eigenvalue weighted by Crippen LogP contribution is -2.23. The van der Waals surface area contributed by atoms with Gasteiger partial charge in [0.2, 0.25) is 10.0 Å². The Labute approximate surface area is 142 Å². The lowest BCUT2D eigenvalue weighted by atomic mass is 10.2. The molecule has 1 heterocycles. The van der Waals surface area contributed by atoms with Gasteiger partial charge in [-0.05, 0) is 32.4 Å². The topological polar surface area (TPSA) is 77.4 Å². The number of nitrogens with one attached hydrogen (secondary N) is 1. The van der Waals surface area contributed by atoms with Gasteiger partial charge in [-0.2, -0.15) is 0 Å². The van der Waals surface area contributed by atoms with Gasteiger partial charge in [0.05, 0.1) is 6.61 Å². The Morgan fingerprint density at radius 3 is 2.42 bits per heavy atom. The van der Waals surface area contributed by atoms with E-state index < -0.39 is 16.0 Å². The minimum Gasteiger partial charge on any atom is -0.461 e. The number of rotatable bonds is 6. The highest BCUT2D eigenvalue weighted by molar-refractivity contribution is 7.89. The molecule has 0 saturated carbocycles. The highest BCUT2D eigenvalue weighted by atomic mass is 32.2. The second-order valence-electron chi connectivity index (χ2n) is 5.57. The first-order chi connectivity index (χ1) is 11.3. The molecule has 1 aromatic carbocycles. The molecule has 0 aliphatic rings. The van der Waals surface area contributed by atoms with Crippen LogP contribution in [0.3, 0.4) is 0 Å². The van der Waals surface area contributed by atoms with Crippen LogP contribution in [0.25, 0.3) is 0 Å². The number of ether oxygens (including phenoxy) is 1. The average Bonchev–Trinajstić information content (AvgIpc) is 2.84. The molecule has 0 fully saturated rings. The number of hydrogen-bond donors (Lipinski definition) is 1. The van der Waals surface area contributed by atoms with Gasteiger partial charge in [0.25, 0.3) is 0 Å². The molecule has 1 N–H and O–H groups in total. The van der Waals surface area contributed by atoms with Gasteiger partial charge in [-0.3, -0.25) is 0 Å². The van der Waals surface area contributed by atoms with Crippen LogP contribution in [0, 0.1) is 13.8 Å². The van der Waals surface area contributed by atoms with Crippen LogP contribution in [-0.4, -0.2) is 25.6 Å². The van der Waals surface area contributed by atoms with Crippen LogP contribution in [0.15, 0.2) is 35.2 Å². The molecule has 0 unspecified atom stereocenters. The average molecular weight is 350 g/mol. The van der Waals surface area contributed by atoms with Crippen molar-refractivity contribution in [1.29, 1.82) is 0 Å². The second-order valence-corrected chi connectivity index (χ2v) is 7.30. The number of aromatic nitrogens is 1. The largest absolute Gasteiger partial charge is 0.461 e. The summed E-state index contributed by atoms with van der Waals surface area (Å²) in [4.78, 5) is 12.0. The molecule has 7 heteroatoms. The van der Waals surface area contributed by atoms with Crippen LogP contribution < -0.4 is 4.72 Å². The van der Waals surface area contributed by atoms with Crippen LogP contribution in [0.2, 0.25) is 0 Å². The predicted molar refractivity (Wildman–Crippen MR) is 91.3 cm³/mol. The zero-order valence-electron chi connectivity index (χ0n) is 14.3. The van der Waals surface area contributed by atoms with Crippen LogP contribution in [0.1, 0.15) is 34.2 Å². The first kappa shape index (κ1) is 18.2. The minimum absolute atomic E-state index is 0.0835. The fourth-order valence-electron chi connectivity index (χ4n) is 2.31. The smallest absolute Gasteiger partial charge is 0.354 e. The summed E-state index contributed by atoms with van der Waals surface area (Å²) in [5.41, 5.74) is 2.67. The van der Waals surface area contributed by atoms with E-state index in [-0.39, 0.29) is 23.7 Å². The van der Waals surface area contributed by atoms with Crippen molar-refractivity contribution in [2.24, 2.45) is 7.05 Å². The van der Waals surface area contributed by atoms with Gasteiger partial charge in [0.15, 0.2) is 0 Å². The summed E-state index contributed by atoms with van der Waals surface area (Å²) >= 11 is 0. The molecule has 0 atom stereocenters. The number of carbonyl (C=O) groups excluding carboxylic acids is 1. The number of sulfonamides is 1. The van der Waals surface area contributed by atoms with Crippen LogP contribution >= 0.6 is 0 Å². The Bertz CT molecular complexity index is 836. The van der Waals surface area contributed by atoms with E-state index in [4.69, 9.17) is 4.74 Å². The normalized spacial score (nSPS) is 11.5. The molecule has 0 radical (unpaired) electrons. The summed E-state index contributed by atoms with van der Waals surface area (Å²) in [6.45, 7) is 5.75. The molecular weight excluding hydrogens is 328 g/mol. The van der Waals surface area contributed by atoms with E-state index in [1.165, 1.54) is 10.6 Å². The maximum atomic E-state index is 12.6. The molecule has 1 aromatic heterocycles. The van der Waals surface area contributed by atoms with Crippen LogP contribution in [0.5, 0.6) is 0 Å². The van der Waals surface area contributed by atoms with E-state index in [1.807, 2.05) is 31.2 Å². The fraction of sp³-hybridized carbons (Fsp3) is 0.353. The number of benzene rings is 1. The molecule has 24 heavy (non-hydrogen) atoms. The maximum absolute atomic E-state index is 12.6. The Morgan fingerprint density at radius 2 is 1.83 bits per heavy atom. The molecule has 0 amide bonds. The van der Waals surface area contributed by atoms with E-state index in [1.54, 1.807) is 20.9 Å². The quantitative estimate of drug-likeness (QED) is 0.811. The van der Waals surface area contributed by atoms with Gasteiger partial charge < -0.3 is 9.30 Å². The van der Waals surface area contributed by atoms with Gasteiger partial charge in [-0.25, -0.2) is 17.9 Å². The standard InChI is InChI=1S/C17H22N2O4S/c1-5-23-17(20)15-10-16(13(3)19(15)4)24(21,22)18-11-14-8-6-12(2)7-9-14/h6-10,18H,5,11H2,1-4H3. The number of hydrogen-bond acceptors (Lipinski definition) is 4. The highest BCUT2D eigenvalue weighted by Gasteiger charge is 2.24. The van der Waals surface area contributed by atoms with Gasteiger partial charge in [0, 0.05) is 19.3 Å². The number of carbonyl (C=O) groups is 1. The molecule has 2 aromatic rings. The van der Waals surface area contributed by atoms with Crippen molar-refractivity contribution < 1.29 is 17.9 Å². The Hall–Kier alpha value is -2.12. The van der Waals surface area contributed by atoms with Crippen molar-refractivity contribution in [3.63, 3.8) is 0 Å². The third-order valence-electron chi connectivity index (χ3n) is 3.85. The molecular formula is C17H22N2O4S. The lowest BCUT2D eigenvalue weighted by molar-refractivity contribution is 0.0515. The zero-order valence-corrected chi connectivity index (χ0v) is 15.1. The van der Waals surface area contributed by atoms with Crippen molar-refractivity contribution in [3.05, 3.63) is 52.8 Å². The van der Waals surface area contributed by atoms with Crippen molar-refractivity contribution in [1.82, 2.24) is 9.29 Å². The van der Waals surface area contributed by atoms with Crippen molar-refractivity contribution in [3.8, 4) is 0 Å². The first-order valence-corrected chi connectivity index (χ1v) is 9.13. The van der Waals surface area contributed by atoms with E-state index in [2.05, 4.69) is 4.72 Å². The molecule has 0 saturated heterocycles. The molecule has 0 aliphatic carbocycles. The number of aryl methyl sites for hydroxylation is 1. The van der Waals surface area contributed by atoms with E-state index in [9.17, 15) is 13.2 Å². The molecule has 0 spiro atoms. The van der Waals surface area contributed by atoms with Gasteiger partial charge in [-0.15, -0.1) is 0 Å². The maximum Gasteiger partial charge on any atom is 0.354 e. The number of nitrogens with zero attached hydrogens (tertiary/aromatic N) is 1. The summed E-state index contributed by atoms with van der Waals surface area (Å²) in [5, 5.41) is 0. The first-order valence-electron chi connectivity index (χ1n) is 7.65. The summed E-state index contributed by atoms with van der Waals surface area (Å²) in [6, 6.07) is 8.96. The Balaban J connectivity index is 2.24. The predicted octanol–water partition coefficient (Wildman–Crippen LogP) is 2.30. The van der Waals surface area contributed by atoms with E-state index in [0.717, 1.165) is 11.1 Å². The number of esters is 1. The molecule has 0 aliphatic heterocycles. The van der Waals surface area contributed by atoms with Gasteiger partial charge >= 0.3 is 5.97 Å². The fourth-order valence-corrected chi connectivity index (χ4v) is 3.61. The molecule has 130 valence electrons. The molecule has 0 bridgehead atoms. The summed E-state index contributed by atoms with van der Waals surface area (Å²) in [5.74, 6) is -0.539. The lowest BCUT2D eigenvalue weighted by Gasteiger charge is -2.07. The summed E-state index contributed by atoms with van der Waals surface area (Å²) in [6.07, 6.45) is 0. The third kappa shape index (κ3) is 3.85. The van der Waals surface area contributed by atoms with Crippen molar-refractivity contribution in [2.75, 3.05) is 6.61 Å². The summed E-state index contributed by atoms with van der Waals surface area (Å²) in [7, 11) is -2.09. The Morgan fingerprint density at radius 1 is 1.21 bits per heavy atom. The summed E-state index contributed by atoms with van der Waals surface area (Å²) < 4.78 is 34.2. The van der Waals surface area contributed by atoms with Crippen LogP contribution in [-0.2, 0) is 28.4 Å². The molecule has 2 rings (SSSR count). The van der Waals surface area contributed by atoms with Gasteiger partial charge in [-0.1, -0.05) is 29.8 Å². The van der Waals surface area contributed by atoms with Gasteiger partial charge in [0.1, 0.15) is 10.6 Å². The minimum atomic E-state index is -3.73. The van der Waals surface area contributed by atoms with E-state index in [0.29, 0.717) is 5.69 Å². The zero-order chi connectivity index (χ0) is 17.9. The highest BCUT2D eigenvalue weighted by Crippen LogP contribution is 2.20. The third-order valence-corrected chi connectivity index (χ3v) is 5.37. The van der Waals surface area contributed by atoms with Crippen LogP contribution in [0.4, 0.5) is 0 Å². The SMILES string of the molecule is CCOC(=O)c1cc(S(=O)(=O)NCc2ccc(C)cc2)c(C)n1C. The van der Waals surface area contributed by atoms with E-state index >= 15 is 0 Å². The Kier molecular flexibility index (Phi) is 5.46. The monoisotopic (exact) mass is 350 g/mol.